The molecule has 2 fully saturated rings. The summed E-state index contributed by atoms with van der Waals surface area (Å²) < 4.78 is 11.0. The average molecular weight is 344 g/mol. The summed E-state index contributed by atoms with van der Waals surface area (Å²) in [5.74, 6) is -1.15. The van der Waals surface area contributed by atoms with Crippen LogP contribution in [0.1, 0.15) is 46.0 Å². The molecule has 0 aromatic carbocycles. The Labute approximate surface area is 147 Å². The van der Waals surface area contributed by atoms with Gasteiger partial charge in [-0.1, -0.05) is 24.3 Å². The zero-order valence-corrected chi connectivity index (χ0v) is 14.7. The Morgan fingerprint density at radius 2 is 2.00 bits per heavy atom. The van der Waals surface area contributed by atoms with E-state index in [1.54, 1.807) is 6.92 Å². The third-order valence-electron chi connectivity index (χ3n) is 5.49. The van der Waals surface area contributed by atoms with E-state index in [0.29, 0.717) is 24.0 Å². The van der Waals surface area contributed by atoms with Crippen LogP contribution in [0, 0.1) is 5.92 Å². The van der Waals surface area contributed by atoms with Gasteiger partial charge >= 0.3 is 5.97 Å². The molecule has 0 N–H and O–H groups in total. The number of carbonyl (C=O) groups is 3. The van der Waals surface area contributed by atoms with Gasteiger partial charge in [0.25, 0.3) is 0 Å². The normalized spacial score (nSPS) is 36.4. The number of Topliss-reactive ketones (excluding diaryl/α,β-unsaturated/α-hetero) is 1. The minimum atomic E-state index is -0.857. The van der Waals surface area contributed by atoms with E-state index in [4.69, 9.17) is 9.47 Å². The average Bonchev–Trinajstić information content (AvgIpc) is 3.20. The molecule has 0 aromatic rings. The maximum absolute atomic E-state index is 12.7. The zero-order valence-electron chi connectivity index (χ0n) is 14.7. The molecule has 2 saturated heterocycles. The number of hydrogen-bond donors (Lipinski definition) is 0. The summed E-state index contributed by atoms with van der Waals surface area (Å²) in [6.07, 6.45) is 7.12. The SMILES string of the molecule is C=C1C(=O)OC2C(=O)C(C)=CCCC(C)=CCCC3(C=O)OC3CC12. The van der Waals surface area contributed by atoms with Crippen molar-refractivity contribution in [1.29, 1.82) is 0 Å². The largest absolute Gasteiger partial charge is 0.450 e. The molecular formula is C20H24O5. The summed E-state index contributed by atoms with van der Waals surface area (Å²) in [5.41, 5.74) is 1.32. The van der Waals surface area contributed by atoms with Crippen molar-refractivity contribution in [2.45, 2.75) is 63.8 Å². The minimum absolute atomic E-state index is 0.187. The first-order valence-corrected chi connectivity index (χ1v) is 8.78. The van der Waals surface area contributed by atoms with E-state index in [1.165, 1.54) is 5.57 Å². The van der Waals surface area contributed by atoms with Crippen molar-refractivity contribution in [3.8, 4) is 0 Å². The number of hydrogen-bond acceptors (Lipinski definition) is 5. The molecule has 0 saturated carbocycles. The molecule has 0 amide bonds. The number of esters is 1. The van der Waals surface area contributed by atoms with Gasteiger partial charge in [0.2, 0.25) is 0 Å². The van der Waals surface area contributed by atoms with Gasteiger partial charge in [-0.15, -0.1) is 0 Å². The van der Waals surface area contributed by atoms with Crippen molar-refractivity contribution >= 4 is 18.0 Å². The van der Waals surface area contributed by atoms with Gasteiger partial charge in [-0.25, -0.2) is 4.79 Å². The highest BCUT2D eigenvalue weighted by atomic mass is 16.6. The lowest BCUT2D eigenvalue weighted by molar-refractivity contribution is -0.145. The maximum Gasteiger partial charge on any atom is 0.334 e. The lowest BCUT2D eigenvalue weighted by Gasteiger charge is -2.17. The highest BCUT2D eigenvalue weighted by Gasteiger charge is 2.58. The first-order valence-electron chi connectivity index (χ1n) is 8.78. The van der Waals surface area contributed by atoms with Crippen molar-refractivity contribution in [3.05, 3.63) is 35.5 Å². The molecule has 0 aromatic heterocycles. The van der Waals surface area contributed by atoms with Gasteiger partial charge in [0.05, 0.1) is 6.10 Å². The molecule has 134 valence electrons. The lowest BCUT2D eigenvalue weighted by Crippen LogP contribution is -2.30. The number of ketones is 1. The molecule has 0 radical (unpaired) electrons. The second-order valence-corrected chi connectivity index (χ2v) is 7.25. The summed E-state index contributed by atoms with van der Waals surface area (Å²) in [5, 5.41) is 0. The van der Waals surface area contributed by atoms with Crippen molar-refractivity contribution in [2.24, 2.45) is 5.92 Å². The lowest BCUT2D eigenvalue weighted by atomic mass is 9.84. The number of rotatable bonds is 1. The molecule has 2 heterocycles. The van der Waals surface area contributed by atoms with Gasteiger partial charge < -0.3 is 14.3 Å². The van der Waals surface area contributed by atoms with Crippen molar-refractivity contribution < 1.29 is 23.9 Å². The van der Waals surface area contributed by atoms with Crippen LogP contribution in [0.15, 0.2) is 35.5 Å². The molecule has 25 heavy (non-hydrogen) atoms. The third kappa shape index (κ3) is 3.38. The predicted molar refractivity (Wildman–Crippen MR) is 91.8 cm³/mol. The van der Waals surface area contributed by atoms with Crippen molar-refractivity contribution in [3.63, 3.8) is 0 Å². The number of ether oxygens (including phenoxy) is 2. The van der Waals surface area contributed by atoms with Crippen LogP contribution >= 0.6 is 0 Å². The Morgan fingerprint density at radius 1 is 1.24 bits per heavy atom. The van der Waals surface area contributed by atoms with Gasteiger partial charge in [0.1, 0.15) is 5.60 Å². The molecule has 4 unspecified atom stereocenters. The molecule has 3 aliphatic rings. The number of aldehydes is 1. The Morgan fingerprint density at radius 3 is 2.72 bits per heavy atom. The second-order valence-electron chi connectivity index (χ2n) is 7.25. The molecule has 0 bridgehead atoms. The molecule has 3 rings (SSSR count). The smallest absolute Gasteiger partial charge is 0.334 e. The second kappa shape index (κ2) is 6.71. The Hall–Kier alpha value is -2.01. The Kier molecular flexibility index (Phi) is 4.78. The third-order valence-corrected chi connectivity index (χ3v) is 5.49. The van der Waals surface area contributed by atoms with Crippen LogP contribution in [0.2, 0.25) is 0 Å². The summed E-state index contributed by atoms with van der Waals surface area (Å²) in [6, 6.07) is 0. The van der Waals surface area contributed by atoms with Gasteiger partial charge in [-0.05, 0) is 51.5 Å². The van der Waals surface area contributed by atoms with E-state index >= 15 is 0 Å². The van der Waals surface area contributed by atoms with Gasteiger partial charge in [0, 0.05) is 11.5 Å². The number of allylic oxidation sites excluding steroid dienone is 3. The molecule has 1 aliphatic carbocycles. The van der Waals surface area contributed by atoms with E-state index in [2.05, 4.69) is 19.6 Å². The fourth-order valence-electron chi connectivity index (χ4n) is 3.69. The first-order chi connectivity index (χ1) is 11.9. The molecule has 2 aliphatic heterocycles. The van der Waals surface area contributed by atoms with Crippen LogP contribution in [-0.4, -0.2) is 35.8 Å². The molecule has 5 nitrogen and oxygen atoms in total. The Bertz CT molecular complexity index is 686. The summed E-state index contributed by atoms with van der Waals surface area (Å²) in [7, 11) is 0. The molecular weight excluding hydrogens is 320 g/mol. The van der Waals surface area contributed by atoms with Crippen LogP contribution in [0.3, 0.4) is 0 Å². The standard InChI is InChI=1S/C20H24O5/c1-12-6-4-8-13(2)17(22)18-15(14(3)19(23)24-18)10-16-20(11-21,25-16)9-5-7-12/h7-8,11,15-16,18H,3-6,9-10H2,1-2H3. The van der Waals surface area contributed by atoms with Crippen LogP contribution in [-0.2, 0) is 23.9 Å². The zero-order chi connectivity index (χ0) is 18.2. The predicted octanol–water partition coefficient (Wildman–Crippen LogP) is 2.85. The fourth-order valence-corrected chi connectivity index (χ4v) is 3.69. The van der Waals surface area contributed by atoms with Gasteiger partial charge in [0.15, 0.2) is 18.2 Å². The van der Waals surface area contributed by atoms with Crippen molar-refractivity contribution in [2.75, 3.05) is 0 Å². The highest BCUT2D eigenvalue weighted by molar-refractivity contribution is 6.04. The quantitative estimate of drug-likeness (QED) is 0.240. The van der Waals surface area contributed by atoms with E-state index in [1.807, 2.05) is 6.08 Å². The van der Waals surface area contributed by atoms with E-state index in [9.17, 15) is 14.4 Å². The fraction of sp³-hybridized carbons (Fsp3) is 0.550. The van der Waals surface area contributed by atoms with Crippen LogP contribution in [0.25, 0.3) is 0 Å². The van der Waals surface area contributed by atoms with Crippen LogP contribution < -0.4 is 0 Å². The van der Waals surface area contributed by atoms with Gasteiger partial charge in [-0.2, -0.15) is 0 Å². The van der Waals surface area contributed by atoms with Crippen LogP contribution in [0.5, 0.6) is 0 Å². The summed E-state index contributed by atoms with van der Waals surface area (Å²) >= 11 is 0. The molecule has 5 heteroatoms. The molecule has 4 atom stereocenters. The maximum atomic E-state index is 12.7. The van der Waals surface area contributed by atoms with E-state index in [-0.39, 0.29) is 11.9 Å². The molecule has 0 spiro atoms. The topological polar surface area (TPSA) is 73.0 Å². The van der Waals surface area contributed by atoms with E-state index < -0.39 is 23.6 Å². The number of fused-ring (bicyclic) bond motifs is 2. The van der Waals surface area contributed by atoms with Gasteiger partial charge in [-0.3, -0.25) is 4.79 Å². The Balaban J connectivity index is 1.89. The monoisotopic (exact) mass is 344 g/mol. The first kappa shape index (κ1) is 17.8. The number of epoxide rings is 1. The van der Waals surface area contributed by atoms with Crippen molar-refractivity contribution in [1.82, 2.24) is 0 Å². The highest BCUT2D eigenvalue weighted by Crippen LogP contribution is 2.46. The van der Waals surface area contributed by atoms with E-state index in [0.717, 1.165) is 25.5 Å². The van der Waals surface area contributed by atoms with Crippen LogP contribution in [0.4, 0.5) is 0 Å². The summed E-state index contributed by atoms with van der Waals surface area (Å²) in [4.78, 5) is 36.2. The number of carbonyl (C=O) groups excluding carboxylic acids is 3. The summed E-state index contributed by atoms with van der Waals surface area (Å²) in [6.45, 7) is 7.60. The minimum Gasteiger partial charge on any atom is -0.450 e.